The van der Waals surface area contributed by atoms with Crippen LogP contribution in [0.4, 0.5) is 17.1 Å². The van der Waals surface area contributed by atoms with Crippen molar-refractivity contribution in [3.63, 3.8) is 0 Å². The number of benzene rings is 2. The molecule has 0 bridgehead atoms. The number of nitrogens with two attached hydrogens (primary N) is 1. The van der Waals surface area contributed by atoms with Gasteiger partial charge in [-0.3, -0.25) is 0 Å². The number of hydrogen-bond donors (Lipinski definition) is 1. The lowest BCUT2D eigenvalue weighted by Gasteiger charge is -2.35. The van der Waals surface area contributed by atoms with Crippen LogP contribution in [0, 0.1) is 18.4 Å². The lowest BCUT2D eigenvalue weighted by Crippen LogP contribution is -2.50. The van der Waals surface area contributed by atoms with Crippen molar-refractivity contribution >= 4 is 56.1 Å². The molecule has 2 N–H and O–H groups in total. The molecule has 0 aliphatic carbocycles. The van der Waals surface area contributed by atoms with Crippen molar-refractivity contribution in [3.8, 4) is 0 Å². The molecule has 0 saturated carbocycles. The van der Waals surface area contributed by atoms with Crippen LogP contribution in [0.25, 0.3) is 0 Å². The number of aryl methyl sites for hydroxylation is 2. The number of morpholine rings is 1. The summed E-state index contributed by atoms with van der Waals surface area (Å²) >= 11 is 2.56. The summed E-state index contributed by atoms with van der Waals surface area (Å²) in [4.78, 5) is 11.0. The Balaban J connectivity index is 1.53. The van der Waals surface area contributed by atoms with Gasteiger partial charge in [0.2, 0.25) is 0 Å². The highest BCUT2D eigenvalue weighted by atomic mass is 127. The number of rotatable bonds is 3. The lowest BCUT2D eigenvalue weighted by molar-refractivity contribution is 0.122. The van der Waals surface area contributed by atoms with Gasteiger partial charge >= 0.3 is 0 Å². The minimum Gasteiger partial charge on any atom is -0.378 e. The Bertz CT molecular complexity index is 1330. The number of ether oxygens (including phenoxy) is 1. The predicted molar refractivity (Wildman–Crippen MR) is 142 cm³/mol. The number of nitrogens with zero attached hydrogens (tertiary/aromatic N) is 4. The van der Waals surface area contributed by atoms with Gasteiger partial charge < -0.3 is 14.5 Å². The standard InChI is InChI=1S/C22H28IN5O3S2/c1-15-11-17(26-3-5-28(6-4-26)33(24,29)30)13-19-21(15)25-22-16(2)12-18(14-20(22)32(19)23)27-7-9-31-10-8-27/h11-14H,3-10H2,1-2H3,(H2,24,29,30). The smallest absolute Gasteiger partial charge is 0.277 e. The first kappa shape index (κ1) is 23.5. The van der Waals surface area contributed by atoms with Crippen molar-refractivity contribution in [2.24, 2.45) is 10.1 Å². The van der Waals surface area contributed by atoms with Gasteiger partial charge in [-0.15, -0.1) is 0 Å². The summed E-state index contributed by atoms with van der Waals surface area (Å²) in [5.41, 5.74) is 5.78. The van der Waals surface area contributed by atoms with Crippen LogP contribution in [0.2, 0.25) is 0 Å². The molecule has 5 rings (SSSR count). The summed E-state index contributed by atoms with van der Waals surface area (Å²) < 4.78 is 31.5. The molecule has 2 aromatic rings. The fourth-order valence-corrected chi connectivity index (χ4v) is 8.76. The third kappa shape index (κ3) is 4.55. The van der Waals surface area contributed by atoms with Crippen LogP contribution < -0.4 is 20.3 Å². The van der Waals surface area contributed by atoms with Gasteiger partial charge in [0.15, 0.2) is 0 Å². The van der Waals surface area contributed by atoms with E-state index in [-0.39, 0.29) is 7.66 Å². The fourth-order valence-electron chi connectivity index (χ4n) is 4.64. The maximum absolute atomic E-state index is 11.7. The predicted octanol–water partition coefficient (Wildman–Crippen LogP) is 2.66. The molecule has 8 nitrogen and oxygen atoms in total. The van der Waals surface area contributed by atoms with Crippen molar-refractivity contribution < 1.29 is 13.2 Å². The number of halogens is 1. The van der Waals surface area contributed by atoms with Crippen LogP contribution in [0.1, 0.15) is 11.1 Å². The second-order valence-electron chi connectivity index (χ2n) is 8.62. The highest BCUT2D eigenvalue weighted by Crippen LogP contribution is 2.48. The lowest BCUT2D eigenvalue weighted by atomic mass is 10.1. The van der Waals surface area contributed by atoms with E-state index in [4.69, 9.17) is 14.9 Å². The molecular formula is C22H28IN5O3S2. The van der Waals surface area contributed by atoms with Crippen molar-refractivity contribution in [3.05, 3.63) is 45.3 Å². The molecule has 2 fully saturated rings. The normalized spacial score (nSPS) is 21.4. The van der Waals surface area contributed by atoms with E-state index < -0.39 is 10.2 Å². The molecule has 1 unspecified atom stereocenters. The second kappa shape index (κ2) is 9.08. The van der Waals surface area contributed by atoms with Gasteiger partial charge in [-0.1, -0.05) is 7.66 Å². The van der Waals surface area contributed by atoms with Gasteiger partial charge in [0.05, 0.1) is 24.3 Å². The molecule has 0 aromatic heterocycles. The van der Waals surface area contributed by atoms with Gasteiger partial charge in [0.25, 0.3) is 10.2 Å². The molecule has 3 heterocycles. The first-order valence-electron chi connectivity index (χ1n) is 11.0. The average Bonchev–Trinajstić information content (AvgIpc) is 2.80. The second-order valence-corrected chi connectivity index (χ2v) is 14.2. The third-order valence-corrected chi connectivity index (χ3v) is 11.8. The van der Waals surface area contributed by atoms with E-state index in [0.717, 1.165) is 48.6 Å². The average molecular weight is 602 g/mol. The van der Waals surface area contributed by atoms with Crippen LogP contribution >= 0.6 is 28.9 Å². The maximum Gasteiger partial charge on any atom is 0.277 e. The first-order chi connectivity index (χ1) is 15.7. The number of anilines is 2. The summed E-state index contributed by atoms with van der Waals surface area (Å²) in [6.45, 7) is 9.67. The van der Waals surface area contributed by atoms with Gasteiger partial charge in [-0.2, -0.15) is 12.7 Å². The van der Waals surface area contributed by atoms with E-state index in [1.165, 1.54) is 25.0 Å². The molecule has 1 atom stereocenters. The largest absolute Gasteiger partial charge is 0.378 e. The van der Waals surface area contributed by atoms with Crippen molar-refractivity contribution in [1.82, 2.24) is 4.31 Å². The zero-order valence-corrected chi connectivity index (χ0v) is 22.5. The van der Waals surface area contributed by atoms with E-state index in [1.807, 2.05) is 0 Å². The van der Waals surface area contributed by atoms with E-state index in [9.17, 15) is 8.42 Å². The maximum atomic E-state index is 11.7. The summed E-state index contributed by atoms with van der Waals surface area (Å²) in [5.74, 6) is 0. The molecule has 2 saturated heterocycles. The molecule has 33 heavy (non-hydrogen) atoms. The summed E-state index contributed by atoms with van der Waals surface area (Å²) in [5, 5.41) is 6.40. The molecular weight excluding hydrogens is 573 g/mol. The molecule has 11 heteroatoms. The molecule has 0 spiro atoms. The molecule has 178 valence electrons. The van der Waals surface area contributed by atoms with Gasteiger partial charge in [-0.25, -0.2) is 10.1 Å². The number of fused-ring (bicyclic) bond motifs is 2. The number of piperazine rings is 1. The van der Waals surface area contributed by atoms with Crippen LogP contribution in [0.5, 0.6) is 0 Å². The van der Waals surface area contributed by atoms with Gasteiger partial charge in [0.1, 0.15) is 0 Å². The highest BCUT2D eigenvalue weighted by molar-refractivity contribution is 14.2. The Morgan fingerprint density at radius 3 is 2.21 bits per heavy atom. The van der Waals surface area contributed by atoms with E-state index in [2.05, 4.69) is 69.1 Å². The zero-order chi connectivity index (χ0) is 23.3. The van der Waals surface area contributed by atoms with Crippen molar-refractivity contribution in [2.45, 2.75) is 18.7 Å². The van der Waals surface area contributed by atoms with E-state index in [0.29, 0.717) is 26.2 Å². The molecule has 3 aliphatic heterocycles. The summed E-state index contributed by atoms with van der Waals surface area (Å²) in [6, 6.07) is 8.97. The Morgan fingerprint density at radius 2 is 1.55 bits per heavy atom. The number of hydrogen-bond acceptors (Lipinski definition) is 6. The zero-order valence-electron chi connectivity index (χ0n) is 18.8. The molecule has 0 radical (unpaired) electrons. The Kier molecular flexibility index (Phi) is 6.46. The van der Waals surface area contributed by atoms with Gasteiger partial charge in [-0.05, 0) is 70.4 Å². The van der Waals surface area contributed by atoms with E-state index in [1.54, 1.807) is 0 Å². The monoisotopic (exact) mass is 601 g/mol. The molecule has 2 aromatic carbocycles. The van der Waals surface area contributed by atoms with Crippen molar-refractivity contribution in [2.75, 3.05) is 62.3 Å². The topological polar surface area (TPSA) is 91.5 Å². The molecule has 3 aliphatic rings. The van der Waals surface area contributed by atoms with Crippen LogP contribution in [-0.4, -0.2) is 65.2 Å². The SMILES string of the molecule is Cc1cc(N2CCN(S(N)(=O)=O)CC2)cc2c1N=c1c(C)cc(N3CCOCC3)cc1=S2I. The van der Waals surface area contributed by atoms with Crippen LogP contribution in [0.3, 0.4) is 0 Å². The van der Waals surface area contributed by atoms with Crippen molar-refractivity contribution in [1.29, 1.82) is 0 Å². The van der Waals surface area contributed by atoms with E-state index >= 15 is 0 Å². The fraction of sp³-hybridized carbons (Fsp3) is 0.455. The first-order valence-corrected chi connectivity index (χ1v) is 16.3. The minimum absolute atomic E-state index is 0.146. The summed E-state index contributed by atoms with van der Waals surface area (Å²) in [6.07, 6.45) is 0. The summed E-state index contributed by atoms with van der Waals surface area (Å²) in [7, 11) is -3.78. The molecule has 0 amide bonds. The Hall–Kier alpha value is -1.25. The van der Waals surface area contributed by atoms with Crippen LogP contribution in [0.15, 0.2) is 34.2 Å². The third-order valence-electron chi connectivity index (χ3n) is 6.45. The highest BCUT2D eigenvalue weighted by Gasteiger charge is 2.25. The Morgan fingerprint density at radius 1 is 0.939 bits per heavy atom. The minimum atomic E-state index is -3.63. The van der Waals surface area contributed by atoms with Gasteiger partial charge in [0, 0.05) is 60.0 Å². The van der Waals surface area contributed by atoms with Crippen LogP contribution in [-0.2, 0) is 14.9 Å². The quantitative estimate of drug-likeness (QED) is 0.432. The Labute approximate surface area is 209 Å².